The molecule has 13 heteroatoms. The number of amides is 4. The fourth-order valence-corrected chi connectivity index (χ4v) is 6.74. The predicted octanol–water partition coefficient (Wildman–Crippen LogP) is 3.84. The van der Waals surface area contributed by atoms with Crippen LogP contribution in [0, 0.1) is 17.8 Å². The summed E-state index contributed by atoms with van der Waals surface area (Å²) in [4.78, 5) is 61.5. The molecule has 0 aliphatic carbocycles. The number of likely N-dealkylation sites (tertiary alicyclic amines) is 2. The van der Waals surface area contributed by atoms with Gasteiger partial charge in [0.05, 0.1) is 19.1 Å². The highest BCUT2D eigenvalue weighted by atomic mass is 35.5. The van der Waals surface area contributed by atoms with Crippen LogP contribution in [0.15, 0.2) is 59.2 Å². The van der Waals surface area contributed by atoms with Gasteiger partial charge in [0, 0.05) is 38.8 Å². The van der Waals surface area contributed by atoms with E-state index in [1.54, 1.807) is 28.0 Å². The number of hydrogen-bond acceptors (Lipinski definition) is 8. The Hall–Kier alpha value is -4.58. The molecule has 3 unspecified atom stereocenters. The molecule has 0 radical (unpaired) electrons. The quantitative estimate of drug-likeness (QED) is 0.294. The van der Waals surface area contributed by atoms with Gasteiger partial charge < -0.3 is 34.3 Å². The zero-order chi connectivity index (χ0) is 34.4. The van der Waals surface area contributed by atoms with Crippen molar-refractivity contribution in [2.45, 2.75) is 45.3 Å². The number of oxazole rings is 1. The molecular weight excluding hydrogens is 638 g/mol. The Kier molecular flexibility index (Phi) is 11.3. The van der Waals surface area contributed by atoms with Gasteiger partial charge in [-0.25, -0.2) is 0 Å². The van der Waals surface area contributed by atoms with Crippen molar-refractivity contribution >= 4 is 35.2 Å². The molecule has 48 heavy (non-hydrogen) atoms. The van der Waals surface area contributed by atoms with Crippen LogP contribution in [-0.2, 0) is 16.0 Å². The Morgan fingerprint density at radius 3 is 2.38 bits per heavy atom. The van der Waals surface area contributed by atoms with E-state index >= 15 is 0 Å². The second-order valence-corrected chi connectivity index (χ2v) is 12.8. The molecule has 2 aliphatic rings. The molecular formula is C35H42ClN5O7. The summed E-state index contributed by atoms with van der Waals surface area (Å²) in [6, 6.07) is 14.2. The summed E-state index contributed by atoms with van der Waals surface area (Å²) < 4.78 is 16.4. The number of aryl methyl sites for hydroxylation is 1. The Labute approximate surface area is 285 Å². The largest absolute Gasteiger partial charge is 0.493 e. The van der Waals surface area contributed by atoms with Crippen molar-refractivity contribution in [3.63, 3.8) is 0 Å². The molecule has 2 aromatic carbocycles. The number of piperidine rings is 1. The lowest BCUT2D eigenvalue weighted by Crippen LogP contribution is -2.56. The minimum Gasteiger partial charge on any atom is -0.493 e. The molecule has 4 amide bonds. The van der Waals surface area contributed by atoms with Gasteiger partial charge in [-0.2, -0.15) is 4.98 Å². The van der Waals surface area contributed by atoms with E-state index in [4.69, 9.17) is 25.5 Å². The third kappa shape index (κ3) is 8.10. The number of nitrogens with zero attached hydrogens (tertiary/aromatic N) is 3. The lowest BCUT2D eigenvalue weighted by molar-refractivity contribution is -0.133. The third-order valence-corrected chi connectivity index (χ3v) is 9.11. The molecule has 0 bridgehead atoms. The van der Waals surface area contributed by atoms with Crippen molar-refractivity contribution < 1.29 is 33.1 Å². The standard InChI is InChI=1S/C35H42ClN5O7/c1-21(2)48-29-14-13-23(15-30(29)46-4)33(44)40-16-24-17-41(34(45)28-20-47-35(36)39-28)19-26(25(24)18-40)31(42)38-27(32(43)37-3)12-8-11-22-9-6-5-7-10-22/h5-7,9-10,13-15,20-21,24-27H,8,11-12,16-19H2,1-4H3,(H,37,43)(H,38,42)/t24?,25?,26?,27-/m0/s1. The highest BCUT2D eigenvalue weighted by Crippen LogP contribution is 2.38. The first-order chi connectivity index (χ1) is 23.1. The molecule has 12 nitrogen and oxygen atoms in total. The average Bonchev–Trinajstić information content (AvgIpc) is 3.73. The van der Waals surface area contributed by atoms with E-state index < -0.39 is 17.9 Å². The minimum absolute atomic E-state index is 0.0310. The lowest BCUT2D eigenvalue weighted by Gasteiger charge is -2.39. The summed E-state index contributed by atoms with van der Waals surface area (Å²) in [7, 11) is 3.06. The maximum atomic E-state index is 14.1. The summed E-state index contributed by atoms with van der Waals surface area (Å²) >= 11 is 5.85. The van der Waals surface area contributed by atoms with E-state index in [0.717, 1.165) is 12.0 Å². The van der Waals surface area contributed by atoms with Gasteiger partial charge in [0.2, 0.25) is 11.8 Å². The number of nitrogens with one attached hydrogen (secondary N) is 2. The number of benzene rings is 2. The van der Waals surface area contributed by atoms with E-state index in [2.05, 4.69) is 15.6 Å². The Bertz CT molecular complexity index is 1610. The van der Waals surface area contributed by atoms with Crippen LogP contribution in [0.3, 0.4) is 0 Å². The van der Waals surface area contributed by atoms with Crippen LogP contribution in [0.25, 0.3) is 0 Å². The van der Waals surface area contributed by atoms with E-state index in [9.17, 15) is 19.2 Å². The van der Waals surface area contributed by atoms with E-state index in [1.807, 2.05) is 44.2 Å². The molecule has 3 aromatic rings. The first-order valence-electron chi connectivity index (χ1n) is 16.2. The first kappa shape index (κ1) is 34.7. The zero-order valence-corrected chi connectivity index (χ0v) is 28.4. The van der Waals surface area contributed by atoms with Crippen molar-refractivity contribution in [1.82, 2.24) is 25.4 Å². The summed E-state index contributed by atoms with van der Waals surface area (Å²) in [5, 5.41) is 5.47. The van der Waals surface area contributed by atoms with Gasteiger partial charge in [0.25, 0.3) is 17.2 Å². The Morgan fingerprint density at radius 1 is 1.00 bits per heavy atom. The van der Waals surface area contributed by atoms with E-state index in [1.165, 1.54) is 20.4 Å². The molecule has 1 aromatic heterocycles. The summed E-state index contributed by atoms with van der Waals surface area (Å²) in [6.07, 6.45) is 2.99. The number of methoxy groups -OCH3 is 1. The minimum atomic E-state index is -0.761. The van der Waals surface area contributed by atoms with Crippen LogP contribution in [0.4, 0.5) is 0 Å². The van der Waals surface area contributed by atoms with Crippen molar-refractivity contribution in [2.75, 3.05) is 40.3 Å². The lowest BCUT2D eigenvalue weighted by atomic mass is 9.79. The number of carbonyl (C=O) groups excluding carboxylic acids is 4. The molecule has 4 atom stereocenters. The normalized spacial score (nSPS) is 19.4. The van der Waals surface area contributed by atoms with Gasteiger partial charge in [-0.1, -0.05) is 30.3 Å². The molecule has 2 aliphatic heterocycles. The number of rotatable bonds is 12. The smallest absolute Gasteiger partial charge is 0.292 e. The van der Waals surface area contributed by atoms with Crippen LogP contribution >= 0.6 is 11.6 Å². The molecule has 5 rings (SSSR count). The maximum Gasteiger partial charge on any atom is 0.292 e. The van der Waals surface area contributed by atoms with Crippen molar-refractivity contribution in [3.05, 3.63) is 77.0 Å². The number of fused-ring (bicyclic) bond motifs is 1. The SMILES string of the molecule is CNC(=O)[C@H](CCCc1ccccc1)NC(=O)C1CN(C(=O)c2coc(Cl)n2)CC2CN(C(=O)c3ccc(OC(C)C)c(OC)c3)CC21. The number of likely N-dealkylation sites (N-methyl/N-ethyl adjacent to an activating group) is 1. The van der Waals surface area contributed by atoms with Gasteiger partial charge >= 0.3 is 0 Å². The van der Waals surface area contributed by atoms with Gasteiger partial charge in [-0.15, -0.1) is 0 Å². The second kappa shape index (κ2) is 15.5. The first-order valence-corrected chi connectivity index (χ1v) is 16.6. The molecule has 3 heterocycles. The van der Waals surface area contributed by atoms with Crippen LogP contribution in [0.5, 0.6) is 11.5 Å². The van der Waals surface area contributed by atoms with Crippen molar-refractivity contribution in [1.29, 1.82) is 0 Å². The Balaban J connectivity index is 1.35. The number of ether oxygens (including phenoxy) is 2. The highest BCUT2D eigenvalue weighted by molar-refractivity contribution is 6.27. The molecule has 256 valence electrons. The van der Waals surface area contributed by atoms with Crippen molar-refractivity contribution in [2.24, 2.45) is 17.8 Å². The molecule has 2 N–H and O–H groups in total. The second-order valence-electron chi connectivity index (χ2n) is 12.5. The number of hydrogen-bond donors (Lipinski definition) is 2. The summed E-state index contributed by atoms with van der Waals surface area (Å²) in [5.41, 5.74) is 1.60. The fourth-order valence-electron chi connectivity index (χ4n) is 6.61. The highest BCUT2D eigenvalue weighted by Gasteiger charge is 2.48. The van der Waals surface area contributed by atoms with E-state index in [0.29, 0.717) is 49.5 Å². The van der Waals surface area contributed by atoms with Crippen LogP contribution in [0.1, 0.15) is 53.1 Å². The Morgan fingerprint density at radius 2 is 1.73 bits per heavy atom. The molecule has 2 fully saturated rings. The molecule has 2 saturated heterocycles. The maximum absolute atomic E-state index is 14.1. The monoisotopic (exact) mass is 679 g/mol. The average molecular weight is 680 g/mol. The third-order valence-electron chi connectivity index (χ3n) is 8.94. The molecule has 0 spiro atoms. The summed E-state index contributed by atoms with van der Waals surface area (Å²) in [6.45, 7) is 4.84. The zero-order valence-electron chi connectivity index (χ0n) is 27.6. The number of halogens is 1. The van der Waals surface area contributed by atoms with Gasteiger partial charge in [0.1, 0.15) is 12.3 Å². The van der Waals surface area contributed by atoms with Gasteiger partial charge in [-0.05, 0) is 80.3 Å². The van der Waals surface area contributed by atoms with E-state index in [-0.39, 0.29) is 53.2 Å². The number of aromatic nitrogens is 1. The molecule has 0 saturated carbocycles. The van der Waals surface area contributed by atoms with Gasteiger partial charge in [0.15, 0.2) is 17.2 Å². The topological polar surface area (TPSA) is 143 Å². The van der Waals surface area contributed by atoms with Crippen LogP contribution in [0.2, 0.25) is 5.35 Å². The van der Waals surface area contributed by atoms with Crippen LogP contribution < -0.4 is 20.1 Å². The van der Waals surface area contributed by atoms with Gasteiger partial charge in [-0.3, -0.25) is 19.2 Å². The fraction of sp³-hybridized carbons (Fsp3) is 0.457. The summed E-state index contributed by atoms with van der Waals surface area (Å²) in [5.74, 6) is -1.45. The van der Waals surface area contributed by atoms with Crippen molar-refractivity contribution in [3.8, 4) is 11.5 Å². The van der Waals surface area contributed by atoms with Crippen LogP contribution in [-0.4, -0.2) is 90.9 Å². The number of carbonyl (C=O) groups is 4. The predicted molar refractivity (Wildman–Crippen MR) is 178 cm³/mol.